The van der Waals surface area contributed by atoms with E-state index in [1.807, 2.05) is 43.3 Å². The summed E-state index contributed by atoms with van der Waals surface area (Å²) in [4.78, 5) is 32.6. The van der Waals surface area contributed by atoms with Gasteiger partial charge in [-0.05, 0) is 45.0 Å². The number of hydrogen-bond acceptors (Lipinski definition) is 5. The van der Waals surface area contributed by atoms with Gasteiger partial charge in [-0.2, -0.15) is 5.10 Å². The lowest BCUT2D eigenvalue weighted by atomic mass is 10.1. The first kappa shape index (κ1) is 20.4. The van der Waals surface area contributed by atoms with E-state index in [1.165, 1.54) is 4.68 Å². The predicted molar refractivity (Wildman–Crippen MR) is 125 cm³/mol. The third-order valence-corrected chi connectivity index (χ3v) is 6.14. The quantitative estimate of drug-likeness (QED) is 0.538. The number of rotatable bonds is 4. The highest BCUT2D eigenvalue weighted by Gasteiger charge is 2.22. The van der Waals surface area contributed by atoms with Crippen LogP contribution in [0.1, 0.15) is 25.4 Å². The standard InChI is InChI=1S/C24H26N6O2/c1-15(2)28-10-11-29-21-9-8-17(12-20(21)26-22(29)13-28)25-23(31)14-30-24(32)19-7-5-4-6-18(19)16(3)27-30/h4-9,12,15H,10-11,13-14H2,1-3H3,(H,25,31). The van der Waals surface area contributed by atoms with Crippen molar-refractivity contribution in [1.29, 1.82) is 0 Å². The van der Waals surface area contributed by atoms with Gasteiger partial charge in [0.1, 0.15) is 12.4 Å². The average molecular weight is 431 g/mol. The van der Waals surface area contributed by atoms with Crippen LogP contribution >= 0.6 is 0 Å². The van der Waals surface area contributed by atoms with E-state index in [2.05, 4.69) is 33.7 Å². The Morgan fingerprint density at radius 2 is 1.91 bits per heavy atom. The fourth-order valence-corrected chi connectivity index (χ4v) is 4.41. The fraction of sp³-hybridized carbons (Fsp3) is 0.333. The Labute approximate surface area is 185 Å². The van der Waals surface area contributed by atoms with Gasteiger partial charge in [-0.1, -0.05) is 18.2 Å². The predicted octanol–water partition coefficient (Wildman–Crippen LogP) is 2.92. The van der Waals surface area contributed by atoms with Crippen molar-refractivity contribution in [1.82, 2.24) is 24.2 Å². The third kappa shape index (κ3) is 3.56. The zero-order valence-corrected chi connectivity index (χ0v) is 18.5. The van der Waals surface area contributed by atoms with Crippen molar-refractivity contribution in [3.8, 4) is 0 Å². The summed E-state index contributed by atoms with van der Waals surface area (Å²) in [5.74, 6) is 0.745. The van der Waals surface area contributed by atoms with Crippen molar-refractivity contribution in [2.75, 3.05) is 11.9 Å². The van der Waals surface area contributed by atoms with Crippen LogP contribution in [0.25, 0.3) is 21.8 Å². The van der Waals surface area contributed by atoms with E-state index >= 15 is 0 Å². The van der Waals surface area contributed by atoms with E-state index < -0.39 is 0 Å². The molecule has 0 spiro atoms. The second-order valence-electron chi connectivity index (χ2n) is 8.59. The maximum atomic E-state index is 12.7. The van der Waals surface area contributed by atoms with Gasteiger partial charge in [-0.3, -0.25) is 14.5 Å². The molecule has 4 aromatic rings. The molecule has 0 aliphatic carbocycles. The molecule has 0 saturated heterocycles. The third-order valence-electron chi connectivity index (χ3n) is 6.14. The smallest absolute Gasteiger partial charge is 0.275 e. The van der Waals surface area contributed by atoms with Crippen LogP contribution in [0, 0.1) is 6.92 Å². The molecule has 8 heteroatoms. The minimum atomic E-state index is -0.302. The van der Waals surface area contributed by atoms with Crippen molar-refractivity contribution in [2.45, 2.75) is 46.4 Å². The summed E-state index contributed by atoms with van der Waals surface area (Å²) in [7, 11) is 0. The lowest BCUT2D eigenvalue weighted by Gasteiger charge is -2.30. The number of aryl methyl sites for hydroxylation is 1. The number of nitrogens with zero attached hydrogens (tertiary/aromatic N) is 5. The molecule has 0 fully saturated rings. The van der Waals surface area contributed by atoms with Crippen molar-refractivity contribution in [3.05, 3.63) is 64.3 Å². The van der Waals surface area contributed by atoms with Crippen molar-refractivity contribution in [3.63, 3.8) is 0 Å². The molecule has 1 N–H and O–H groups in total. The van der Waals surface area contributed by atoms with Gasteiger partial charge < -0.3 is 9.88 Å². The van der Waals surface area contributed by atoms with Gasteiger partial charge in [0.15, 0.2) is 0 Å². The minimum Gasteiger partial charge on any atom is -0.326 e. The number of amides is 1. The first-order valence-electron chi connectivity index (χ1n) is 10.9. The molecular weight excluding hydrogens is 404 g/mol. The van der Waals surface area contributed by atoms with E-state index in [9.17, 15) is 9.59 Å². The number of hydrogen-bond donors (Lipinski definition) is 1. The minimum absolute atomic E-state index is 0.147. The Balaban J connectivity index is 1.37. The molecule has 8 nitrogen and oxygen atoms in total. The lowest BCUT2D eigenvalue weighted by Crippen LogP contribution is -2.38. The number of anilines is 1. The molecule has 1 aliphatic rings. The van der Waals surface area contributed by atoms with E-state index in [0.29, 0.717) is 22.8 Å². The zero-order valence-electron chi connectivity index (χ0n) is 18.5. The molecule has 1 aliphatic heterocycles. The Kier molecular flexibility index (Phi) is 5.01. The highest BCUT2D eigenvalue weighted by Crippen LogP contribution is 2.24. The van der Waals surface area contributed by atoms with Crippen molar-refractivity contribution < 1.29 is 4.79 Å². The number of aromatic nitrogens is 4. The molecule has 1 amide bonds. The van der Waals surface area contributed by atoms with Gasteiger partial charge >= 0.3 is 0 Å². The van der Waals surface area contributed by atoms with E-state index in [4.69, 9.17) is 4.98 Å². The summed E-state index contributed by atoms with van der Waals surface area (Å²) in [5, 5.41) is 8.58. The summed E-state index contributed by atoms with van der Waals surface area (Å²) in [6.07, 6.45) is 0. The molecular formula is C24H26N6O2. The topological polar surface area (TPSA) is 85.1 Å². The molecule has 3 heterocycles. The second kappa shape index (κ2) is 7.87. The van der Waals surface area contributed by atoms with Crippen LogP contribution in [0.2, 0.25) is 0 Å². The van der Waals surface area contributed by atoms with Gasteiger partial charge in [0, 0.05) is 30.2 Å². The van der Waals surface area contributed by atoms with E-state index in [0.717, 1.165) is 41.9 Å². The van der Waals surface area contributed by atoms with Crippen LogP contribution in [0.3, 0.4) is 0 Å². The molecule has 0 saturated carbocycles. The molecule has 0 unspecified atom stereocenters. The maximum Gasteiger partial charge on any atom is 0.275 e. The molecule has 5 rings (SSSR count). The Hall–Kier alpha value is -3.52. The largest absolute Gasteiger partial charge is 0.326 e. The first-order valence-corrected chi connectivity index (χ1v) is 10.9. The highest BCUT2D eigenvalue weighted by atomic mass is 16.2. The molecule has 0 bridgehead atoms. The van der Waals surface area contributed by atoms with E-state index in [1.54, 1.807) is 6.07 Å². The number of carbonyl (C=O) groups is 1. The molecule has 2 aromatic carbocycles. The van der Waals surface area contributed by atoms with Gasteiger partial charge in [0.05, 0.1) is 28.7 Å². The van der Waals surface area contributed by atoms with Gasteiger partial charge in [-0.15, -0.1) is 0 Å². The van der Waals surface area contributed by atoms with Gasteiger partial charge in [0.25, 0.3) is 5.56 Å². The van der Waals surface area contributed by atoms with Crippen LogP contribution in [-0.4, -0.2) is 42.7 Å². The molecule has 0 radical (unpaired) electrons. The Morgan fingerprint density at radius 3 is 2.69 bits per heavy atom. The monoisotopic (exact) mass is 430 g/mol. The van der Waals surface area contributed by atoms with Crippen molar-refractivity contribution >= 4 is 33.4 Å². The lowest BCUT2D eigenvalue weighted by molar-refractivity contribution is -0.117. The number of nitrogens with one attached hydrogen (secondary N) is 1. The summed E-state index contributed by atoms with van der Waals surface area (Å²) in [6, 6.07) is 13.6. The molecule has 0 atom stereocenters. The van der Waals surface area contributed by atoms with Gasteiger partial charge in [0.2, 0.25) is 5.91 Å². The first-order chi connectivity index (χ1) is 15.4. The van der Waals surface area contributed by atoms with Crippen LogP contribution < -0.4 is 10.9 Å². The fourth-order valence-electron chi connectivity index (χ4n) is 4.41. The summed E-state index contributed by atoms with van der Waals surface area (Å²) in [6.45, 7) is 8.82. The van der Waals surface area contributed by atoms with Crippen LogP contribution in [-0.2, 0) is 24.4 Å². The maximum absolute atomic E-state index is 12.7. The normalized spacial score (nSPS) is 14.2. The zero-order chi connectivity index (χ0) is 22.4. The summed E-state index contributed by atoms with van der Waals surface area (Å²) >= 11 is 0. The van der Waals surface area contributed by atoms with Crippen molar-refractivity contribution in [2.24, 2.45) is 0 Å². The Bertz CT molecular complexity index is 1400. The number of fused-ring (bicyclic) bond motifs is 4. The number of benzene rings is 2. The second-order valence-corrected chi connectivity index (χ2v) is 8.59. The molecule has 2 aromatic heterocycles. The summed E-state index contributed by atoms with van der Waals surface area (Å²) in [5.41, 5.74) is 3.04. The van der Waals surface area contributed by atoms with Gasteiger partial charge in [-0.25, -0.2) is 9.67 Å². The molecule has 164 valence electrons. The van der Waals surface area contributed by atoms with Crippen LogP contribution in [0.15, 0.2) is 47.3 Å². The Morgan fingerprint density at radius 1 is 1.12 bits per heavy atom. The number of carbonyl (C=O) groups excluding carboxylic acids is 1. The number of imidazole rings is 1. The SMILES string of the molecule is Cc1nn(CC(=O)Nc2ccc3c(c2)nc2n3CCN(C(C)C)C2)c(=O)c2ccccc12. The van der Waals surface area contributed by atoms with Crippen LogP contribution in [0.5, 0.6) is 0 Å². The highest BCUT2D eigenvalue weighted by molar-refractivity contribution is 5.93. The van der Waals surface area contributed by atoms with Crippen LogP contribution in [0.4, 0.5) is 5.69 Å². The molecule has 32 heavy (non-hydrogen) atoms. The van der Waals surface area contributed by atoms with E-state index in [-0.39, 0.29) is 18.0 Å². The average Bonchev–Trinajstić information content (AvgIpc) is 3.14. The summed E-state index contributed by atoms with van der Waals surface area (Å²) < 4.78 is 3.47.